The van der Waals surface area contributed by atoms with E-state index in [0.29, 0.717) is 10.9 Å². The van der Waals surface area contributed by atoms with Crippen LogP contribution >= 0.6 is 23.2 Å². The third-order valence-electron chi connectivity index (χ3n) is 2.99. The Labute approximate surface area is 131 Å². The van der Waals surface area contributed by atoms with E-state index in [1.54, 1.807) is 0 Å². The van der Waals surface area contributed by atoms with Gasteiger partial charge in [0.2, 0.25) is 0 Å². The van der Waals surface area contributed by atoms with Crippen LogP contribution in [0, 0.1) is 0 Å². The van der Waals surface area contributed by atoms with Crippen molar-refractivity contribution in [3.8, 4) is 11.4 Å². The summed E-state index contributed by atoms with van der Waals surface area (Å²) in [4.78, 5) is 12.0. The molecule has 0 amide bonds. The van der Waals surface area contributed by atoms with Gasteiger partial charge >= 0.3 is 0 Å². The minimum Gasteiger partial charge on any atom is -0.386 e. The van der Waals surface area contributed by atoms with Gasteiger partial charge in [-0.1, -0.05) is 11.6 Å². The van der Waals surface area contributed by atoms with Crippen LogP contribution in [0.4, 0.5) is 5.69 Å². The van der Waals surface area contributed by atoms with E-state index in [1.165, 1.54) is 0 Å². The van der Waals surface area contributed by atoms with Gasteiger partial charge in [-0.15, -0.1) is 11.6 Å². The van der Waals surface area contributed by atoms with Crippen LogP contribution in [-0.4, -0.2) is 21.7 Å². The standard InChI is InChI=1S/C15H12Cl2N4/c16-8-14(18)19-11-5-6-12-13(7-11)21-15(20-12)9-1-3-10(17)4-2-9/h1-7H,8H2,(H2,18,19)(H,20,21). The van der Waals surface area contributed by atoms with Crippen molar-refractivity contribution in [1.29, 1.82) is 0 Å². The molecule has 3 aromatic rings. The molecule has 0 atom stereocenters. The fourth-order valence-corrected chi connectivity index (χ4v) is 2.19. The Hall–Kier alpha value is -2.04. The number of aromatic amines is 1. The zero-order valence-electron chi connectivity index (χ0n) is 11.0. The maximum Gasteiger partial charge on any atom is 0.138 e. The lowest BCUT2D eigenvalue weighted by Crippen LogP contribution is -2.12. The molecular formula is C15H12Cl2N4. The number of aliphatic imine (C=N–C) groups is 1. The Kier molecular flexibility index (Phi) is 3.82. The van der Waals surface area contributed by atoms with E-state index in [0.717, 1.165) is 28.1 Å². The summed E-state index contributed by atoms with van der Waals surface area (Å²) in [6, 6.07) is 13.2. The number of nitrogens with two attached hydrogens (primary N) is 1. The number of amidine groups is 1. The topological polar surface area (TPSA) is 67.1 Å². The predicted octanol–water partition coefficient (Wildman–Crippen LogP) is 4.11. The van der Waals surface area contributed by atoms with Crippen molar-refractivity contribution in [2.24, 2.45) is 10.7 Å². The first-order valence-corrected chi connectivity index (χ1v) is 7.21. The highest BCUT2D eigenvalue weighted by molar-refractivity contribution is 6.30. The van der Waals surface area contributed by atoms with Gasteiger partial charge in [-0.25, -0.2) is 9.98 Å². The number of hydrogen-bond donors (Lipinski definition) is 2. The van der Waals surface area contributed by atoms with Gasteiger partial charge in [0.05, 0.1) is 22.6 Å². The first-order valence-electron chi connectivity index (χ1n) is 6.30. The SMILES string of the molecule is NC(CCl)=Nc1ccc2nc(-c3ccc(Cl)cc3)[nH]c2c1. The van der Waals surface area contributed by atoms with Gasteiger partial charge in [0.1, 0.15) is 11.7 Å². The highest BCUT2D eigenvalue weighted by Gasteiger charge is 2.06. The van der Waals surface area contributed by atoms with E-state index < -0.39 is 0 Å². The number of halogens is 2. The summed E-state index contributed by atoms with van der Waals surface area (Å²) in [6.45, 7) is 0. The van der Waals surface area contributed by atoms with Crippen LogP contribution in [0.25, 0.3) is 22.4 Å². The van der Waals surface area contributed by atoms with Crippen molar-refractivity contribution in [2.45, 2.75) is 0 Å². The molecule has 1 heterocycles. The lowest BCUT2D eigenvalue weighted by Gasteiger charge is -1.96. The molecule has 3 rings (SSSR count). The molecule has 2 aromatic carbocycles. The van der Waals surface area contributed by atoms with Crippen molar-refractivity contribution in [3.05, 3.63) is 47.5 Å². The zero-order valence-corrected chi connectivity index (χ0v) is 12.5. The number of hydrogen-bond acceptors (Lipinski definition) is 2. The van der Waals surface area contributed by atoms with E-state index in [-0.39, 0.29) is 5.88 Å². The van der Waals surface area contributed by atoms with Gasteiger partial charge in [0, 0.05) is 10.6 Å². The molecule has 0 saturated heterocycles. The number of fused-ring (bicyclic) bond motifs is 1. The molecule has 21 heavy (non-hydrogen) atoms. The Morgan fingerprint density at radius 1 is 1.19 bits per heavy atom. The molecule has 0 aliphatic heterocycles. The van der Waals surface area contributed by atoms with Crippen LogP contribution in [0.1, 0.15) is 0 Å². The van der Waals surface area contributed by atoms with Crippen LogP contribution in [0.3, 0.4) is 0 Å². The quantitative estimate of drug-likeness (QED) is 0.433. The Balaban J connectivity index is 2.02. The average Bonchev–Trinajstić information content (AvgIpc) is 2.91. The summed E-state index contributed by atoms with van der Waals surface area (Å²) in [5.74, 6) is 1.37. The normalized spacial score (nSPS) is 12.0. The second-order valence-electron chi connectivity index (χ2n) is 4.53. The third kappa shape index (κ3) is 3.01. The maximum atomic E-state index is 5.89. The molecule has 1 aromatic heterocycles. The van der Waals surface area contributed by atoms with Crippen LogP contribution in [0.5, 0.6) is 0 Å². The van der Waals surface area contributed by atoms with Gasteiger partial charge in [-0.2, -0.15) is 0 Å². The Bertz CT molecular complexity index is 806. The number of aromatic nitrogens is 2. The molecule has 0 bridgehead atoms. The van der Waals surface area contributed by atoms with Gasteiger partial charge in [0.25, 0.3) is 0 Å². The van der Waals surface area contributed by atoms with Crippen molar-refractivity contribution in [1.82, 2.24) is 9.97 Å². The second-order valence-corrected chi connectivity index (χ2v) is 5.23. The monoisotopic (exact) mass is 318 g/mol. The summed E-state index contributed by atoms with van der Waals surface area (Å²) < 4.78 is 0. The van der Waals surface area contributed by atoms with E-state index in [9.17, 15) is 0 Å². The molecule has 0 aliphatic carbocycles. The molecule has 0 aliphatic rings. The summed E-state index contributed by atoms with van der Waals surface area (Å²) >= 11 is 11.5. The van der Waals surface area contributed by atoms with E-state index in [2.05, 4.69) is 15.0 Å². The molecule has 3 N–H and O–H groups in total. The number of benzene rings is 2. The molecule has 0 fully saturated rings. The van der Waals surface area contributed by atoms with Gasteiger partial charge in [-0.3, -0.25) is 0 Å². The van der Waals surface area contributed by atoms with Crippen LogP contribution in [-0.2, 0) is 0 Å². The molecule has 0 saturated carbocycles. The first kappa shape index (κ1) is 13.9. The van der Waals surface area contributed by atoms with Crippen molar-refractivity contribution < 1.29 is 0 Å². The van der Waals surface area contributed by atoms with Crippen molar-refractivity contribution >= 4 is 45.8 Å². The molecule has 6 heteroatoms. The molecule has 0 unspecified atom stereocenters. The number of H-pyrrole nitrogens is 1. The van der Waals surface area contributed by atoms with E-state index >= 15 is 0 Å². The maximum absolute atomic E-state index is 5.89. The number of rotatable bonds is 3. The molecule has 0 radical (unpaired) electrons. The van der Waals surface area contributed by atoms with Gasteiger partial charge in [-0.05, 0) is 42.5 Å². The minimum absolute atomic E-state index is 0.205. The first-order chi connectivity index (χ1) is 10.2. The molecular weight excluding hydrogens is 307 g/mol. The number of nitrogens with zero attached hydrogens (tertiary/aromatic N) is 2. The van der Waals surface area contributed by atoms with Crippen LogP contribution in [0.2, 0.25) is 5.02 Å². The van der Waals surface area contributed by atoms with Crippen molar-refractivity contribution in [2.75, 3.05) is 5.88 Å². The van der Waals surface area contributed by atoms with E-state index in [4.69, 9.17) is 28.9 Å². The number of nitrogens with one attached hydrogen (secondary N) is 1. The fraction of sp³-hybridized carbons (Fsp3) is 0.0667. The predicted molar refractivity (Wildman–Crippen MR) is 88.5 cm³/mol. The van der Waals surface area contributed by atoms with Gasteiger partial charge in [0.15, 0.2) is 0 Å². The summed E-state index contributed by atoms with van der Waals surface area (Å²) in [5.41, 5.74) is 9.11. The van der Waals surface area contributed by atoms with Crippen LogP contribution in [0.15, 0.2) is 47.5 Å². The smallest absolute Gasteiger partial charge is 0.138 e. The summed E-state index contributed by atoms with van der Waals surface area (Å²) in [5, 5.41) is 0.697. The largest absolute Gasteiger partial charge is 0.386 e. The van der Waals surface area contributed by atoms with Gasteiger partial charge < -0.3 is 10.7 Å². The van der Waals surface area contributed by atoms with Crippen molar-refractivity contribution in [3.63, 3.8) is 0 Å². The minimum atomic E-state index is 0.205. The molecule has 0 spiro atoms. The third-order valence-corrected chi connectivity index (χ3v) is 3.52. The van der Waals surface area contributed by atoms with E-state index in [1.807, 2.05) is 42.5 Å². The summed E-state index contributed by atoms with van der Waals surface area (Å²) in [6.07, 6.45) is 0. The zero-order chi connectivity index (χ0) is 14.8. The number of imidazole rings is 1. The molecule has 106 valence electrons. The lowest BCUT2D eigenvalue weighted by atomic mass is 10.2. The Morgan fingerprint density at radius 2 is 1.95 bits per heavy atom. The molecule has 4 nitrogen and oxygen atoms in total. The summed E-state index contributed by atoms with van der Waals surface area (Å²) in [7, 11) is 0. The highest BCUT2D eigenvalue weighted by atomic mass is 35.5. The lowest BCUT2D eigenvalue weighted by molar-refractivity contribution is 1.34. The Morgan fingerprint density at radius 3 is 2.67 bits per heavy atom. The highest BCUT2D eigenvalue weighted by Crippen LogP contribution is 2.25. The second kappa shape index (κ2) is 5.76. The fourth-order valence-electron chi connectivity index (χ4n) is 2.01. The average molecular weight is 319 g/mol. The van der Waals surface area contributed by atoms with Crippen LogP contribution < -0.4 is 5.73 Å². The number of alkyl halides is 1.